The van der Waals surface area contributed by atoms with E-state index in [4.69, 9.17) is 0 Å². The van der Waals surface area contributed by atoms with Gasteiger partial charge < -0.3 is 5.32 Å². The summed E-state index contributed by atoms with van der Waals surface area (Å²) >= 11 is 1.48. The number of aryl methyl sites for hydroxylation is 3. The van der Waals surface area contributed by atoms with Crippen LogP contribution in [0.4, 0.5) is 10.9 Å². The van der Waals surface area contributed by atoms with Crippen LogP contribution >= 0.6 is 11.3 Å². The Labute approximate surface area is 122 Å². The summed E-state index contributed by atoms with van der Waals surface area (Å²) in [5.41, 5.74) is 2.42. The van der Waals surface area contributed by atoms with Crippen molar-refractivity contribution >= 4 is 28.2 Å². The van der Waals surface area contributed by atoms with E-state index in [9.17, 15) is 4.79 Å². The number of anilines is 2. The number of carbonyl (C=O) groups is 1. The van der Waals surface area contributed by atoms with E-state index in [1.165, 1.54) is 11.3 Å². The molecule has 0 fully saturated rings. The van der Waals surface area contributed by atoms with Gasteiger partial charge in [0.15, 0.2) is 5.13 Å². The first kappa shape index (κ1) is 14.5. The molecule has 1 amide bonds. The van der Waals surface area contributed by atoms with E-state index in [0.29, 0.717) is 16.5 Å². The van der Waals surface area contributed by atoms with Crippen molar-refractivity contribution in [1.82, 2.24) is 9.97 Å². The molecule has 106 valence electrons. The predicted molar refractivity (Wildman–Crippen MR) is 82.7 cm³/mol. The molecule has 0 aliphatic carbocycles. The highest BCUT2D eigenvalue weighted by Gasteiger charge is 2.12. The molecule has 2 aromatic heterocycles. The summed E-state index contributed by atoms with van der Waals surface area (Å²) in [6.45, 7) is 5.93. The predicted octanol–water partition coefficient (Wildman–Crippen LogP) is 3.01. The van der Waals surface area contributed by atoms with Gasteiger partial charge in [-0.05, 0) is 32.4 Å². The van der Waals surface area contributed by atoms with Gasteiger partial charge in [0.25, 0.3) is 5.91 Å². The topological polar surface area (TPSA) is 66.9 Å². The van der Waals surface area contributed by atoms with Crippen LogP contribution in [0.3, 0.4) is 0 Å². The van der Waals surface area contributed by atoms with E-state index in [2.05, 4.69) is 20.6 Å². The number of hydrogen-bond acceptors (Lipinski definition) is 5. The third-order valence-corrected chi connectivity index (χ3v) is 4.00. The summed E-state index contributed by atoms with van der Waals surface area (Å²) in [4.78, 5) is 22.1. The van der Waals surface area contributed by atoms with Crippen LogP contribution in [-0.4, -0.2) is 22.9 Å². The third-order valence-electron chi connectivity index (χ3n) is 3.01. The standard InChI is InChI=1S/C14H18N4OS/c1-5-11-6-10(7-12(15-4)17-11)13(19)18-14-16-8(2)9(3)20-14/h6-7H,5H2,1-4H3,(H,15,17)(H,16,18,19). The number of nitrogens with one attached hydrogen (secondary N) is 2. The van der Waals surface area contributed by atoms with Crippen molar-refractivity contribution in [3.63, 3.8) is 0 Å². The van der Waals surface area contributed by atoms with Crippen molar-refractivity contribution in [3.8, 4) is 0 Å². The maximum Gasteiger partial charge on any atom is 0.257 e. The van der Waals surface area contributed by atoms with Gasteiger partial charge >= 0.3 is 0 Å². The number of rotatable bonds is 4. The Hall–Kier alpha value is -1.95. The Balaban J connectivity index is 2.24. The molecule has 0 aliphatic rings. The molecular formula is C14H18N4OS. The lowest BCUT2D eigenvalue weighted by Crippen LogP contribution is -2.13. The molecule has 0 spiro atoms. The molecule has 0 radical (unpaired) electrons. The van der Waals surface area contributed by atoms with Gasteiger partial charge in [0, 0.05) is 23.2 Å². The van der Waals surface area contributed by atoms with E-state index in [1.54, 1.807) is 13.1 Å². The quantitative estimate of drug-likeness (QED) is 0.908. The fourth-order valence-corrected chi connectivity index (χ4v) is 2.53. The van der Waals surface area contributed by atoms with Gasteiger partial charge in [-0.2, -0.15) is 0 Å². The van der Waals surface area contributed by atoms with Crippen molar-refractivity contribution in [2.24, 2.45) is 0 Å². The molecule has 2 aromatic rings. The number of thiazole rings is 1. The zero-order valence-electron chi connectivity index (χ0n) is 12.1. The molecule has 2 rings (SSSR count). The van der Waals surface area contributed by atoms with Crippen LogP contribution in [0.15, 0.2) is 12.1 Å². The van der Waals surface area contributed by atoms with Gasteiger partial charge in [-0.3, -0.25) is 10.1 Å². The molecule has 0 saturated carbocycles. The van der Waals surface area contributed by atoms with Crippen molar-refractivity contribution in [2.75, 3.05) is 17.7 Å². The van der Waals surface area contributed by atoms with E-state index < -0.39 is 0 Å². The largest absolute Gasteiger partial charge is 0.373 e. The molecule has 0 unspecified atom stereocenters. The Morgan fingerprint density at radius 2 is 2.05 bits per heavy atom. The average Bonchev–Trinajstić information content (AvgIpc) is 2.76. The summed E-state index contributed by atoms with van der Waals surface area (Å²) in [5, 5.41) is 6.44. The van der Waals surface area contributed by atoms with Gasteiger partial charge in [0.1, 0.15) is 5.82 Å². The molecule has 6 heteroatoms. The fourth-order valence-electron chi connectivity index (χ4n) is 1.72. The highest BCUT2D eigenvalue weighted by atomic mass is 32.1. The second-order valence-corrected chi connectivity index (χ2v) is 5.65. The first-order valence-electron chi connectivity index (χ1n) is 6.47. The second kappa shape index (κ2) is 6.00. The first-order chi connectivity index (χ1) is 9.53. The van der Waals surface area contributed by atoms with Crippen LogP contribution in [0.5, 0.6) is 0 Å². The van der Waals surface area contributed by atoms with Crippen LogP contribution in [0, 0.1) is 13.8 Å². The summed E-state index contributed by atoms with van der Waals surface area (Å²) < 4.78 is 0. The Kier molecular flexibility index (Phi) is 4.34. The molecule has 0 atom stereocenters. The highest BCUT2D eigenvalue weighted by Crippen LogP contribution is 2.22. The molecule has 0 bridgehead atoms. The third kappa shape index (κ3) is 3.14. The van der Waals surface area contributed by atoms with Crippen LogP contribution in [0.2, 0.25) is 0 Å². The normalized spacial score (nSPS) is 10.4. The van der Waals surface area contributed by atoms with E-state index in [-0.39, 0.29) is 5.91 Å². The monoisotopic (exact) mass is 290 g/mol. The van der Waals surface area contributed by atoms with E-state index >= 15 is 0 Å². The fraction of sp³-hybridized carbons (Fsp3) is 0.357. The highest BCUT2D eigenvalue weighted by molar-refractivity contribution is 7.15. The lowest BCUT2D eigenvalue weighted by atomic mass is 10.2. The van der Waals surface area contributed by atoms with Crippen LogP contribution in [0.25, 0.3) is 0 Å². The van der Waals surface area contributed by atoms with Crippen LogP contribution in [-0.2, 0) is 6.42 Å². The van der Waals surface area contributed by atoms with Gasteiger partial charge in [0.05, 0.1) is 5.69 Å². The summed E-state index contributed by atoms with van der Waals surface area (Å²) in [6.07, 6.45) is 0.783. The Morgan fingerprint density at radius 1 is 1.30 bits per heavy atom. The zero-order chi connectivity index (χ0) is 14.7. The zero-order valence-corrected chi connectivity index (χ0v) is 12.9. The Bertz CT molecular complexity index is 594. The number of aromatic nitrogens is 2. The number of nitrogens with zero attached hydrogens (tertiary/aromatic N) is 2. The van der Waals surface area contributed by atoms with E-state index in [1.807, 2.05) is 26.8 Å². The summed E-state index contributed by atoms with van der Waals surface area (Å²) in [6, 6.07) is 3.55. The average molecular weight is 290 g/mol. The first-order valence-corrected chi connectivity index (χ1v) is 7.29. The SMILES string of the molecule is CCc1cc(C(=O)Nc2nc(C)c(C)s2)cc(NC)n1. The lowest BCUT2D eigenvalue weighted by molar-refractivity contribution is 0.102. The van der Waals surface area contributed by atoms with Crippen LogP contribution < -0.4 is 10.6 Å². The molecule has 2 heterocycles. The molecule has 5 nitrogen and oxygen atoms in total. The van der Waals surface area contributed by atoms with Gasteiger partial charge in [-0.25, -0.2) is 9.97 Å². The lowest BCUT2D eigenvalue weighted by Gasteiger charge is -2.07. The van der Waals surface area contributed by atoms with Gasteiger partial charge in [-0.15, -0.1) is 11.3 Å². The van der Waals surface area contributed by atoms with Crippen molar-refractivity contribution in [3.05, 3.63) is 34.0 Å². The smallest absolute Gasteiger partial charge is 0.257 e. The minimum Gasteiger partial charge on any atom is -0.373 e. The molecule has 0 saturated heterocycles. The molecule has 0 aromatic carbocycles. The summed E-state index contributed by atoms with van der Waals surface area (Å²) in [5.74, 6) is 0.536. The molecule has 0 aliphatic heterocycles. The Morgan fingerprint density at radius 3 is 2.60 bits per heavy atom. The maximum atomic E-state index is 12.3. The number of carbonyl (C=O) groups excluding carboxylic acids is 1. The van der Waals surface area contributed by atoms with E-state index in [0.717, 1.165) is 22.7 Å². The minimum absolute atomic E-state index is 0.160. The van der Waals surface area contributed by atoms with Gasteiger partial charge in [0.2, 0.25) is 0 Å². The van der Waals surface area contributed by atoms with Crippen molar-refractivity contribution in [2.45, 2.75) is 27.2 Å². The van der Waals surface area contributed by atoms with Crippen molar-refractivity contribution < 1.29 is 4.79 Å². The number of hydrogen-bond donors (Lipinski definition) is 2. The van der Waals surface area contributed by atoms with Gasteiger partial charge in [-0.1, -0.05) is 6.92 Å². The minimum atomic E-state index is -0.160. The number of amides is 1. The summed E-state index contributed by atoms with van der Waals surface area (Å²) in [7, 11) is 1.79. The molecular weight excluding hydrogens is 272 g/mol. The number of pyridine rings is 1. The maximum absolute atomic E-state index is 12.3. The van der Waals surface area contributed by atoms with Crippen molar-refractivity contribution in [1.29, 1.82) is 0 Å². The molecule has 20 heavy (non-hydrogen) atoms. The van der Waals surface area contributed by atoms with Crippen LogP contribution in [0.1, 0.15) is 33.5 Å². The second-order valence-electron chi connectivity index (χ2n) is 4.45. The molecule has 2 N–H and O–H groups in total.